The molecule has 13 heavy (non-hydrogen) atoms. The standard InChI is InChI=1S/C9H18O4/c1-3-5-6-9(12,8(10)11)13-7-4-2/h12H,3-7H2,1-2H3,(H,10,11). The molecule has 1 unspecified atom stereocenters. The molecule has 0 aliphatic rings. The van der Waals surface area contributed by atoms with E-state index in [1.807, 2.05) is 13.8 Å². The average molecular weight is 190 g/mol. The van der Waals surface area contributed by atoms with Crippen molar-refractivity contribution < 1.29 is 19.7 Å². The lowest BCUT2D eigenvalue weighted by Crippen LogP contribution is -2.41. The lowest BCUT2D eigenvalue weighted by atomic mass is 10.1. The first-order chi connectivity index (χ1) is 6.06. The monoisotopic (exact) mass is 190 g/mol. The number of hydrogen-bond donors (Lipinski definition) is 2. The number of hydrogen-bond acceptors (Lipinski definition) is 3. The first-order valence-corrected chi connectivity index (χ1v) is 4.66. The topological polar surface area (TPSA) is 66.8 Å². The summed E-state index contributed by atoms with van der Waals surface area (Å²) in [7, 11) is 0. The van der Waals surface area contributed by atoms with Crippen LogP contribution in [0.5, 0.6) is 0 Å². The van der Waals surface area contributed by atoms with Crippen molar-refractivity contribution in [1.29, 1.82) is 0 Å². The molecule has 0 radical (unpaired) electrons. The quantitative estimate of drug-likeness (QED) is 0.595. The van der Waals surface area contributed by atoms with Crippen LogP contribution in [0.3, 0.4) is 0 Å². The van der Waals surface area contributed by atoms with Gasteiger partial charge in [0.05, 0.1) is 6.61 Å². The van der Waals surface area contributed by atoms with Gasteiger partial charge in [0, 0.05) is 6.42 Å². The minimum Gasteiger partial charge on any atom is -0.477 e. The van der Waals surface area contributed by atoms with Gasteiger partial charge in [-0.25, -0.2) is 4.79 Å². The highest BCUT2D eigenvalue weighted by atomic mass is 16.6. The predicted molar refractivity (Wildman–Crippen MR) is 48.4 cm³/mol. The van der Waals surface area contributed by atoms with Crippen LogP contribution in [-0.4, -0.2) is 28.6 Å². The van der Waals surface area contributed by atoms with Crippen LogP contribution in [0, 0.1) is 0 Å². The molecule has 0 fully saturated rings. The fraction of sp³-hybridized carbons (Fsp3) is 0.889. The van der Waals surface area contributed by atoms with Crippen molar-refractivity contribution in [2.24, 2.45) is 0 Å². The summed E-state index contributed by atoms with van der Waals surface area (Å²) in [4.78, 5) is 10.7. The minimum absolute atomic E-state index is 0.152. The Morgan fingerprint density at radius 3 is 2.38 bits per heavy atom. The van der Waals surface area contributed by atoms with Crippen LogP contribution in [0.2, 0.25) is 0 Å². The molecule has 0 saturated carbocycles. The van der Waals surface area contributed by atoms with Gasteiger partial charge in [-0.1, -0.05) is 20.3 Å². The zero-order chi connectivity index (χ0) is 10.3. The third-order valence-electron chi connectivity index (χ3n) is 1.75. The number of carboxylic acid groups (broad SMARTS) is 1. The van der Waals surface area contributed by atoms with Crippen molar-refractivity contribution in [1.82, 2.24) is 0 Å². The van der Waals surface area contributed by atoms with Crippen LogP contribution >= 0.6 is 0 Å². The molecule has 0 aromatic rings. The Balaban J connectivity index is 4.08. The molecule has 0 heterocycles. The zero-order valence-corrected chi connectivity index (χ0v) is 8.25. The van der Waals surface area contributed by atoms with Crippen molar-refractivity contribution in [3.63, 3.8) is 0 Å². The van der Waals surface area contributed by atoms with Gasteiger partial charge < -0.3 is 14.9 Å². The van der Waals surface area contributed by atoms with Crippen LogP contribution < -0.4 is 0 Å². The molecule has 1 atom stereocenters. The number of ether oxygens (including phenoxy) is 1. The molecule has 0 aromatic heterocycles. The van der Waals surface area contributed by atoms with E-state index in [1.165, 1.54) is 0 Å². The molecule has 0 bridgehead atoms. The summed E-state index contributed by atoms with van der Waals surface area (Å²) in [5, 5.41) is 18.2. The average Bonchev–Trinajstić information content (AvgIpc) is 2.11. The van der Waals surface area contributed by atoms with Crippen molar-refractivity contribution in [3.05, 3.63) is 0 Å². The van der Waals surface area contributed by atoms with Crippen LogP contribution in [0.4, 0.5) is 0 Å². The first kappa shape index (κ1) is 12.4. The summed E-state index contributed by atoms with van der Waals surface area (Å²) in [5.41, 5.74) is 0. The molecule has 78 valence electrons. The summed E-state index contributed by atoms with van der Waals surface area (Å²) in [6.45, 7) is 4.07. The van der Waals surface area contributed by atoms with E-state index in [9.17, 15) is 9.90 Å². The van der Waals surface area contributed by atoms with E-state index < -0.39 is 11.8 Å². The molecule has 0 aliphatic heterocycles. The fourth-order valence-electron chi connectivity index (χ4n) is 0.928. The summed E-state index contributed by atoms with van der Waals surface area (Å²) >= 11 is 0. The van der Waals surface area contributed by atoms with Gasteiger partial charge in [0.2, 0.25) is 0 Å². The number of unbranched alkanes of at least 4 members (excludes halogenated alkanes) is 1. The molecule has 0 aromatic carbocycles. The first-order valence-electron chi connectivity index (χ1n) is 4.66. The van der Waals surface area contributed by atoms with Gasteiger partial charge in [0.15, 0.2) is 0 Å². The highest BCUT2D eigenvalue weighted by molar-refractivity contribution is 5.75. The number of carbonyl (C=O) groups is 1. The number of rotatable bonds is 7. The lowest BCUT2D eigenvalue weighted by Gasteiger charge is -2.23. The molecule has 0 rings (SSSR count). The van der Waals surface area contributed by atoms with E-state index in [0.29, 0.717) is 12.8 Å². The van der Waals surface area contributed by atoms with Crippen molar-refractivity contribution in [2.45, 2.75) is 45.3 Å². The molecule has 2 N–H and O–H groups in total. The third kappa shape index (κ3) is 4.24. The van der Waals surface area contributed by atoms with Gasteiger partial charge in [-0.3, -0.25) is 0 Å². The van der Waals surface area contributed by atoms with E-state index in [4.69, 9.17) is 9.84 Å². The zero-order valence-electron chi connectivity index (χ0n) is 8.25. The van der Waals surface area contributed by atoms with Gasteiger partial charge in [-0.2, -0.15) is 0 Å². The molecule has 0 aliphatic carbocycles. The van der Waals surface area contributed by atoms with E-state index in [-0.39, 0.29) is 13.0 Å². The fourth-order valence-corrected chi connectivity index (χ4v) is 0.928. The Hall–Kier alpha value is -0.610. The SMILES string of the molecule is CCCCC(O)(OCCC)C(=O)O. The maximum Gasteiger partial charge on any atom is 0.364 e. The van der Waals surface area contributed by atoms with Crippen LogP contribution in [0.1, 0.15) is 39.5 Å². The lowest BCUT2D eigenvalue weighted by molar-refractivity contribution is -0.226. The summed E-state index contributed by atoms with van der Waals surface area (Å²) in [6, 6.07) is 0. The maximum absolute atomic E-state index is 10.7. The van der Waals surface area contributed by atoms with Crippen molar-refractivity contribution in [3.8, 4) is 0 Å². The molecule has 0 saturated heterocycles. The highest BCUT2D eigenvalue weighted by Gasteiger charge is 2.36. The summed E-state index contributed by atoms with van der Waals surface area (Å²) in [6.07, 6.45) is 2.33. The van der Waals surface area contributed by atoms with Crippen LogP contribution in [0.15, 0.2) is 0 Å². The highest BCUT2D eigenvalue weighted by Crippen LogP contribution is 2.16. The summed E-state index contributed by atoms with van der Waals surface area (Å²) < 4.78 is 4.90. The Kier molecular flexibility index (Phi) is 5.66. The second kappa shape index (κ2) is 5.94. The Labute approximate surface area is 78.5 Å². The Bertz CT molecular complexity index is 148. The second-order valence-corrected chi connectivity index (χ2v) is 3.04. The van der Waals surface area contributed by atoms with Crippen molar-refractivity contribution >= 4 is 5.97 Å². The predicted octanol–water partition coefficient (Wildman–Crippen LogP) is 1.38. The Morgan fingerprint density at radius 1 is 1.38 bits per heavy atom. The Morgan fingerprint density at radius 2 is 2.00 bits per heavy atom. The molecule has 4 heteroatoms. The van der Waals surface area contributed by atoms with Gasteiger partial charge in [0.25, 0.3) is 5.79 Å². The van der Waals surface area contributed by atoms with E-state index in [2.05, 4.69) is 0 Å². The number of carboxylic acids is 1. The van der Waals surface area contributed by atoms with Crippen molar-refractivity contribution in [2.75, 3.05) is 6.61 Å². The molecule has 0 amide bonds. The van der Waals surface area contributed by atoms with Gasteiger partial charge in [-0.15, -0.1) is 0 Å². The van der Waals surface area contributed by atoms with Gasteiger partial charge in [0.1, 0.15) is 0 Å². The largest absolute Gasteiger partial charge is 0.477 e. The molecule has 4 nitrogen and oxygen atoms in total. The molecule has 0 spiro atoms. The van der Waals surface area contributed by atoms with Crippen LogP contribution in [0.25, 0.3) is 0 Å². The molecular formula is C9H18O4. The number of aliphatic carboxylic acids is 1. The maximum atomic E-state index is 10.7. The number of aliphatic hydroxyl groups is 1. The van der Waals surface area contributed by atoms with Crippen LogP contribution in [-0.2, 0) is 9.53 Å². The second-order valence-electron chi connectivity index (χ2n) is 3.04. The van der Waals surface area contributed by atoms with Gasteiger partial charge >= 0.3 is 5.97 Å². The van der Waals surface area contributed by atoms with E-state index >= 15 is 0 Å². The third-order valence-corrected chi connectivity index (χ3v) is 1.75. The summed E-state index contributed by atoms with van der Waals surface area (Å²) in [5.74, 6) is -3.28. The smallest absolute Gasteiger partial charge is 0.364 e. The van der Waals surface area contributed by atoms with E-state index in [1.54, 1.807) is 0 Å². The van der Waals surface area contributed by atoms with Gasteiger partial charge in [-0.05, 0) is 12.8 Å². The van der Waals surface area contributed by atoms with E-state index in [0.717, 1.165) is 6.42 Å². The normalized spacial score (nSPS) is 15.3. The minimum atomic E-state index is -1.98. The molecular weight excluding hydrogens is 172 g/mol.